The lowest BCUT2D eigenvalue weighted by atomic mass is 9.98. The number of aliphatic hydroxyl groups is 4. The van der Waals surface area contributed by atoms with E-state index in [4.69, 9.17) is 20.7 Å². The van der Waals surface area contributed by atoms with Crippen molar-refractivity contribution >= 4 is 12.4 Å². The molecule has 2 unspecified atom stereocenters. The summed E-state index contributed by atoms with van der Waals surface area (Å²) in [6, 6.07) is -1.04. The molecule has 0 aromatic carbocycles. The van der Waals surface area contributed by atoms with Gasteiger partial charge in [-0.05, 0) is 0 Å². The fourth-order valence-electron chi connectivity index (χ4n) is 1.12. The van der Waals surface area contributed by atoms with Crippen molar-refractivity contribution in [2.75, 3.05) is 6.61 Å². The van der Waals surface area contributed by atoms with Gasteiger partial charge in [0.1, 0.15) is 18.3 Å². The quantitative estimate of drug-likeness (QED) is 0.322. The highest BCUT2D eigenvalue weighted by Crippen LogP contribution is 2.17. The first-order valence-corrected chi connectivity index (χ1v) is 3.64. The largest absolute Gasteiger partial charge is 0.394 e. The lowest BCUT2D eigenvalue weighted by Gasteiger charge is -2.38. The number of hydrogen-bond acceptors (Lipinski definition) is 6. The molecule has 80 valence electrons. The molecule has 0 aromatic heterocycles. The van der Waals surface area contributed by atoms with E-state index < -0.39 is 37.3 Å². The minimum atomic E-state index is -1.35. The second-order valence-electron chi connectivity index (χ2n) is 2.81. The molecule has 0 saturated carbocycles. The average Bonchev–Trinajstić information content (AvgIpc) is 2.08. The maximum absolute atomic E-state index is 9.20. The summed E-state index contributed by atoms with van der Waals surface area (Å²) in [5.41, 5.74) is 5.26. The van der Waals surface area contributed by atoms with E-state index >= 15 is 0 Å². The van der Waals surface area contributed by atoms with Crippen LogP contribution in [0.15, 0.2) is 0 Å². The summed E-state index contributed by atoms with van der Waals surface area (Å²) in [5, 5.41) is 36.1. The van der Waals surface area contributed by atoms with Gasteiger partial charge in [0.05, 0.1) is 12.6 Å². The molecule has 6 nitrogen and oxygen atoms in total. The maximum atomic E-state index is 9.20. The Kier molecular flexibility index (Phi) is 5.08. The van der Waals surface area contributed by atoms with Crippen LogP contribution in [-0.2, 0) is 4.74 Å². The lowest BCUT2D eigenvalue weighted by Crippen LogP contribution is -2.61. The number of aliphatic hydroxyl groups excluding tert-OH is 4. The van der Waals surface area contributed by atoms with Gasteiger partial charge < -0.3 is 30.9 Å². The summed E-state index contributed by atoms with van der Waals surface area (Å²) < 4.78 is 4.70. The van der Waals surface area contributed by atoms with Gasteiger partial charge in [0.25, 0.3) is 0 Å². The molecule has 0 aromatic rings. The van der Waals surface area contributed by atoms with Crippen LogP contribution in [-0.4, -0.2) is 57.7 Å². The third-order valence-corrected chi connectivity index (χ3v) is 1.95. The van der Waals surface area contributed by atoms with E-state index in [0.717, 1.165) is 0 Å². The van der Waals surface area contributed by atoms with E-state index in [9.17, 15) is 10.2 Å². The Morgan fingerprint density at radius 1 is 1.15 bits per heavy atom. The van der Waals surface area contributed by atoms with Gasteiger partial charge in [-0.2, -0.15) is 0 Å². The van der Waals surface area contributed by atoms with E-state index in [1.807, 2.05) is 0 Å². The van der Waals surface area contributed by atoms with Crippen LogP contribution < -0.4 is 5.73 Å². The Morgan fingerprint density at radius 3 is 2.15 bits per heavy atom. The van der Waals surface area contributed by atoms with Crippen LogP contribution in [0.2, 0.25) is 0 Å². The van der Waals surface area contributed by atoms with E-state index in [1.165, 1.54) is 0 Å². The first-order chi connectivity index (χ1) is 5.57. The molecular weight excluding hydrogens is 202 g/mol. The minimum Gasteiger partial charge on any atom is -0.394 e. The molecule has 0 bridgehead atoms. The highest BCUT2D eigenvalue weighted by Gasteiger charge is 2.41. The van der Waals surface area contributed by atoms with Crippen molar-refractivity contribution in [2.45, 2.75) is 30.6 Å². The summed E-state index contributed by atoms with van der Waals surface area (Å²) in [5.74, 6) is 0. The molecule has 1 saturated heterocycles. The van der Waals surface area contributed by atoms with E-state index in [-0.39, 0.29) is 12.4 Å². The second-order valence-corrected chi connectivity index (χ2v) is 2.81. The Labute approximate surface area is 81.3 Å². The molecule has 0 aliphatic carbocycles. The molecule has 5 atom stereocenters. The Morgan fingerprint density at radius 2 is 1.69 bits per heavy atom. The number of halogens is 1. The normalized spacial score (nSPS) is 45.5. The number of hydrogen-bond donors (Lipinski definition) is 5. The molecule has 1 aliphatic heterocycles. The predicted molar refractivity (Wildman–Crippen MR) is 45.2 cm³/mol. The van der Waals surface area contributed by atoms with Crippen LogP contribution in [0.25, 0.3) is 0 Å². The molecular formula is C6H14ClNO5. The SMILES string of the molecule is Cl.N[C@@H]1C(O)[C@@H](O)C(CO)O[C@@H]1O. The maximum Gasteiger partial charge on any atom is 0.173 e. The predicted octanol–water partition coefficient (Wildman–Crippen LogP) is -2.83. The second kappa shape index (κ2) is 5.06. The number of rotatable bonds is 1. The zero-order chi connectivity index (χ0) is 9.30. The van der Waals surface area contributed by atoms with Gasteiger partial charge in [-0.1, -0.05) is 0 Å². The van der Waals surface area contributed by atoms with Crippen LogP contribution in [0, 0.1) is 0 Å². The summed E-state index contributed by atoms with van der Waals surface area (Å²) >= 11 is 0. The molecule has 0 amide bonds. The zero-order valence-electron chi connectivity index (χ0n) is 6.78. The van der Waals surface area contributed by atoms with Crippen LogP contribution in [0.4, 0.5) is 0 Å². The third kappa shape index (κ3) is 2.50. The molecule has 13 heavy (non-hydrogen) atoms. The molecule has 1 rings (SSSR count). The van der Waals surface area contributed by atoms with Crippen molar-refractivity contribution in [2.24, 2.45) is 5.73 Å². The van der Waals surface area contributed by atoms with Crippen molar-refractivity contribution in [1.82, 2.24) is 0 Å². The average molecular weight is 216 g/mol. The summed E-state index contributed by atoms with van der Waals surface area (Å²) in [6.07, 6.45) is -4.85. The first-order valence-electron chi connectivity index (χ1n) is 3.64. The molecule has 0 spiro atoms. The number of nitrogens with two attached hydrogens (primary N) is 1. The van der Waals surface area contributed by atoms with E-state index in [2.05, 4.69) is 0 Å². The molecule has 1 heterocycles. The molecule has 0 radical (unpaired) electrons. The third-order valence-electron chi connectivity index (χ3n) is 1.95. The smallest absolute Gasteiger partial charge is 0.173 e. The van der Waals surface area contributed by atoms with Crippen molar-refractivity contribution in [3.8, 4) is 0 Å². The topological polar surface area (TPSA) is 116 Å². The monoisotopic (exact) mass is 215 g/mol. The van der Waals surface area contributed by atoms with Crippen molar-refractivity contribution in [3.63, 3.8) is 0 Å². The molecule has 1 aliphatic rings. The van der Waals surface area contributed by atoms with Gasteiger partial charge in [-0.3, -0.25) is 0 Å². The lowest BCUT2D eigenvalue weighted by molar-refractivity contribution is -0.248. The fourth-order valence-corrected chi connectivity index (χ4v) is 1.12. The van der Waals surface area contributed by atoms with Gasteiger partial charge in [-0.15, -0.1) is 12.4 Å². The fraction of sp³-hybridized carbons (Fsp3) is 1.00. The van der Waals surface area contributed by atoms with Crippen molar-refractivity contribution in [1.29, 1.82) is 0 Å². The zero-order valence-corrected chi connectivity index (χ0v) is 7.59. The van der Waals surface area contributed by atoms with Crippen LogP contribution in [0.3, 0.4) is 0 Å². The van der Waals surface area contributed by atoms with Gasteiger partial charge in [0.2, 0.25) is 0 Å². The Bertz CT molecular complexity index is 155. The molecule has 7 heteroatoms. The van der Waals surface area contributed by atoms with E-state index in [1.54, 1.807) is 0 Å². The van der Waals surface area contributed by atoms with Gasteiger partial charge in [0.15, 0.2) is 6.29 Å². The van der Waals surface area contributed by atoms with Crippen molar-refractivity contribution < 1.29 is 25.2 Å². The highest BCUT2D eigenvalue weighted by atomic mass is 35.5. The van der Waals surface area contributed by atoms with Crippen molar-refractivity contribution in [3.05, 3.63) is 0 Å². The van der Waals surface area contributed by atoms with Crippen LogP contribution in [0.1, 0.15) is 0 Å². The van der Waals surface area contributed by atoms with Gasteiger partial charge >= 0.3 is 0 Å². The summed E-state index contributed by atoms with van der Waals surface area (Å²) in [4.78, 5) is 0. The van der Waals surface area contributed by atoms with Gasteiger partial charge in [-0.25, -0.2) is 0 Å². The first kappa shape index (κ1) is 13.1. The highest BCUT2D eigenvalue weighted by molar-refractivity contribution is 5.85. The molecule has 6 N–H and O–H groups in total. The van der Waals surface area contributed by atoms with Crippen LogP contribution in [0.5, 0.6) is 0 Å². The summed E-state index contributed by atoms with van der Waals surface area (Å²) in [6.45, 7) is -0.470. The Balaban J connectivity index is 0.00000144. The van der Waals surface area contributed by atoms with Crippen LogP contribution >= 0.6 is 12.4 Å². The van der Waals surface area contributed by atoms with Gasteiger partial charge in [0, 0.05) is 0 Å². The molecule has 1 fully saturated rings. The Hall–Kier alpha value is 0.0500. The number of ether oxygens (including phenoxy) is 1. The standard InChI is InChI=1S/C6H13NO5.ClH/c7-3-5(10)4(9)2(1-8)12-6(3)11;/h2-6,8-11H,1,7H2;1H/t2?,3-,4+,5?,6+;/m1./s1. The van der Waals surface area contributed by atoms with E-state index in [0.29, 0.717) is 0 Å². The minimum absolute atomic E-state index is 0. The summed E-state index contributed by atoms with van der Waals surface area (Å²) in [7, 11) is 0.